The molecule has 1 atom stereocenters. The van der Waals surface area contributed by atoms with E-state index in [2.05, 4.69) is 10.6 Å². The van der Waals surface area contributed by atoms with Gasteiger partial charge in [-0.25, -0.2) is 4.79 Å². The number of alkyl halides is 3. The number of amides is 2. The fourth-order valence-corrected chi connectivity index (χ4v) is 1.73. The number of aliphatic carboxylic acids is 1. The number of carboxylic acids is 1. The van der Waals surface area contributed by atoms with Crippen molar-refractivity contribution in [2.45, 2.75) is 44.3 Å². The van der Waals surface area contributed by atoms with Crippen LogP contribution in [0.25, 0.3) is 0 Å². The average Bonchev–Trinajstić information content (AvgIpc) is 3.05. The molecular weight excluding hydrogens is 265 g/mol. The van der Waals surface area contributed by atoms with Gasteiger partial charge in [-0.15, -0.1) is 0 Å². The second-order valence-corrected chi connectivity index (χ2v) is 4.66. The van der Waals surface area contributed by atoms with Gasteiger partial charge in [0.1, 0.15) is 0 Å². The SMILES string of the molecule is O=C(O)CC(NC(=O)NCCCC(F)(F)F)C1CC1. The van der Waals surface area contributed by atoms with Crippen molar-refractivity contribution in [3.8, 4) is 0 Å². The van der Waals surface area contributed by atoms with Gasteiger partial charge in [-0.1, -0.05) is 0 Å². The van der Waals surface area contributed by atoms with E-state index >= 15 is 0 Å². The van der Waals surface area contributed by atoms with Gasteiger partial charge in [-0.3, -0.25) is 4.79 Å². The minimum Gasteiger partial charge on any atom is -0.481 e. The Hall–Kier alpha value is -1.47. The third-order valence-electron chi connectivity index (χ3n) is 2.82. The highest BCUT2D eigenvalue weighted by Crippen LogP contribution is 2.33. The third kappa shape index (κ3) is 7.53. The Labute approximate surface area is 108 Å². The lowest BCUT2D eigenvalue weighted by atomic mass is 10.1. The summed E-state index contributed by atoms with van der Waals surface area (Å²) in [6.45, 7) is -0.0875. The molecule has 0 aliphatic heterocycles. The van der Waals surface area contributed by atoms with Crippen LogP contribution in [-0.2, 0) is 4.79 Å². The molecule has 1 rings (SSSR count). The summed E-state index contributed by atoms with van der Waals surface area (Å²) in [5.41, 5.74) is 0. The molecule has 0 bridgehead atoms. The molecule has 19 heavy (non-hydrogen) atoms. The Morgan fingerprint density at radius 3 is 2.42 bits per heavy atom. The second kappa shape index (κ2) is 6.63. The van der Waals surface area contributed by atoms with Crippen LogP contribution in [0.3, 0.4) is 0 Å². The zero-order valence-electron chi connectivity index (χ0n) is 10.3. The van der Waals surface area contributed by atoms with E-state index in [1.165, 1.54) is 0 Å². The molecule has 110 valence electrons. The fourth-order valence-electron chi connectivity index (χ4n) is 1.73. The van der Waals surface area contributed by atoms with Crippen molar-refractivity contribution in [3.05, 3.63) is 0 Å². The first-order valence-electron chi connectivity index (χ1n) is 6.11. The first-order valence-corrected chi connectivity index (χ1v) is 6.11. The van der Waals surface area contributed by atoms with Gasteiger partial charge in [0.05, 0.1) is 6.42 Å². The van der Waals surface area contributed by atoms with Crippen LogP contribution in [0, 0.1) is 5.92 Å². The molecule has 0 saturated heterocycles. The van der Waals surface area contributed by atoms with Gasteiger partial charge in [-0.2, -0.15) is 13.2 Å². The summed E-state index contributed by atoms with van der Waals surface area (Å²) < 4.78 is 35.6. The summed E-state index contributed by atoms with van der Waals surface area (Å²) in [5, 5.41) is 13.5. The third-order valence-corrected chi connectivity index (χ3v) is 2.82. The standard InChI is InChI=1S/C11H17F3N2O3/c12-11(13,14)4-1-5-15-10(19)16-8(6-9(17)18)7-2-3-7/h7-8H,1-6H2,(H,17,18)(H2,15,16,19). The van der Waals surface area contributed by atoms with Crippen LogP contribution in [0.1, 0.15) is 32.1 Å². The van der Waals surface area contributed by atoms with Gasteiger partial charge in [0, 0.05) is 19.0 Å². The van der Waals surface area contributed by atoms with Crippen molar-refractivity contribution in [2.75, 3.05) is 6.54 Å². The average molecular weight is 282 g/mol. The summed E-state index contributed by atoms with van der Waals surface area (Å²) in [7, 11) is 0. The molecule has 1 fully saturated rings. The maximum atomic E-state index is 11.9. The molecule has 0 spiro atoms. The van der Waals surface area contributed by atoms with Crippen LogP contribution in [0.15, 0.2) is 0 Å². The Bertz CT molecular complexity index is 330. The largest absolute Gasteiger partial charge is 0.481 e. The molecule has 1 unspecified atom stereocenters. The van der Waals surface area contributed by atoms with Gasteiger partial charge >= 0.3 is 18.2 Å². The highest BCUT2D eigenvalue weighted by molar-refractivity contribution is 5.75. The van der Waals surface area contributed by atoms with Gasteiger partial charge in [0.2, 0.25) is 0 Å². The van der Waals surface area contributed by atoms with E-state index in [0.29, 0.717) is 0 Å². The highest BCUT2D eigenvalue weighted by Gasteiger charge is 2.33. The highest BCUT2D eigenvalue weighted by atomic mass is 19.4. The second-order valence-electron chi connectivity index (χ2n) is 4.66. The summed E-state index contributed by atoms with van der Waals surface area (Å²) in [6.07, 6.45) is -3.80. The first-order chi connectivity index (χ1) is 8.78. The molecule has 1 saturated carbocycles. The Morgan fingerprint density at radius 1 is 1.32 bits per heavy atom. The number of hydrogen-bond acceptors (Lipinski definition) is 2. The molecule has 1 aliphatic rings. The molecule has 5 nitrogen and oxygen atoms in total. The van der Waals surface area contributed by atoms with E-state index in [-0.39, 0.29) is 25.3 Å². The van der Waals surface area contributed by atoms with Crippen molar-refractivity contribution in [1.82, 2.24) is 10.6 Å². The maximum Gasteiger partial charge on any atom is 0.389 e. The van der Waals surface area contributed by atoms with E-state index in [1.54, 1.807) is 0 Å². The van der Waals surface area contributed by atoms with Crippen LogP contribution in [0.2, 0.25) is 0 Å². The lowest BCUT2D eigenvalue weighted by molar-refractivity contribution is -0.138. The van der Waals surface area contributed by atoms with Crippen molar-refractivity contribution in [2.24, 2.45) is 5.92 Å². The van der Waals surface area contributed by atoms with E-state index < -0.39 is 30.6 Å². The lowest BCUT2D eigenvalue weighted by Crippen LogP contribution is -2.44. The van der Waals surface area contributed by atoms with E-state index in [9.17, 15) is 22.8 Å². The summed E-state index contributed by atoms with van der Waals surface area (Å²) in [5.74, 6) is -0.841. The quantitative estimate of drug-likeness (QED) is 0.624. The first kappa shape index (κ1) is 15.6. The number of hydrogen-bond donors (Lipinski definition) is 3. The van der Waals surface area contributed by atoms with Crippen molar-refractivity contribution in [3.63, 3.8) is 0 Å². The minimum atomic E-state index is -4.22. The van der Waals surface area contributed by atoms with Gasteiger partial charge < -0.3 is 15.7 Å². The molecule has 0 aromatic carbocycles. The molecule has 0 radical (unpaired) electrons. The van der Waals surface area contributed by atoms with Crippen molar-refractivity contribution in [1.29, 1.82) is 0 Å². The normalized spacial score (nSPS) is 16.8. The zero-order chi connectivity index (χ0) is 14.5. The Morgan fingerprint density at radius 2 is 1.95 bits per heavy atom. The molecule has 1 aliphatic carbocycles. The van der Waals surface area contributed by atoms with Crippen LogP contribution in [0.5, 0.6) is 0 Å². The van der Waals surface area contributed by atoms with Crippen molar-refractivity contribution < 1.29 is 27.9 Å². The number of carbonyl (C=O) groups is 2. The minimum absolute atomic E-state index is 0.0875. The maximum absolute atomic E-state index is 11.9. The number of urea groups is 1. The summed E-state index contributed by atoms with van der Waals surface area (Å²) >= 11 is 0. The molecule has 2 amide bonds. The number of rotatable bonds is 7. The van der Waals surface area contributed by atoms with E-state index in [1.807, 2.05) is 0 Å². The Balaban J connectivity index is 2.19. The van der Waals surface area contributed by atoms with Crippen molar-refractivity contribution >= 4 is 12.0 Å². The van der Waals surface area contributed by atoms with Crippen LogP contribution in [0.4, 0.5) is 18.0 Å². The fraction of sp³-hybridized carbons (Fsp3) is 0.818. The molecule has 0 aromatic rings. The number of nitrogens with one attached hydrogen (secondary N) is 2. The van der Waals surface area contributed by atoms with E-state index in [4.69, 9.17) is 5.11 Å². The van der Waals surface area contributed by atoms with Crippen LogP contribution in [-0.4, -0.2) is 35.9 Å². The predicted molar refractivity (Wildman–Crippen MR) is 60.6 cm³/mol. The van der Waals surface area contributed by atoms with Crippen LogP contribution < -0.4 is 10.6 Å². The van der Waals surface area contributed by atoms with Gasteiger partial charge in [0.25, 0.3) is 0 Å². The monoisotopic (exact) mass is 282 g/mol. The van der Waals surface area contributed by atoms with Gasteiger partial charge in [-0.05, 0) is 25.2 Å². The molecule has 3 N–H and O–H groups in total. The molecule has 0 aromatic heterocycles. The Kier molecular flexibility index (Phi) is 5.44. The topological polar surface area (TPSA) is 78.4 Å². The van der Waals surface area contributed by atoms with Crippen LogP contribution >= 0.6 is 0 Å². The molecule has 8 heteroatoms. The number of halogens is 3. The number of carboxylic acid groups (broad SMARTS) is 1. The molecular formula is C11H17F3N2O3. The lowest BCUT2D eigenvalue weighted by Gasteiger charge is -2.16. The van der Waals surface area contributed by atoms with E-state index in [0.717, 1.165) is 12.8 Å². The zero-order valence-corrected chi connectivity index (χ0v) is 10.3. The summed E-state index contributed by atoms with van der Waals surface area (Å²) in [4.78, 5) is 22.0. The number of carbonyl (C=O) groups excluding carboxylic acids is 1. The summed E-state index contributed by atoms with van der Waals surface area (Å²) in [6, 6.07) is -1.06. The smallest absolute Gasteiger partial charge is 0.389 e. The predicted octanol–water partition coefficient (Wildman–Crippen LogP) is 1.88. The van der Waals surface area contributed by atoms with Gasteiger partial charge in [0.15, 0.2) is 0 Å². The molecule has 0 heterocycles.